The van der Waals surface area contributed by atoms with Crippen LogP contribution < -0.4 is 11.1 Å². The lowest BCUT2D eigenvalue weighted by Crippen LogP contribution is -2.13. The summed E-state index contributed by atoms with van der Waals surface area (Å²) in [5, 5.41) is 2.19. The van der Waals surface area contributed by atoms with E-state index in [9.17, 15) is 13.6 Å². The Morgan fingerprint density at radius 3 is 2.58 bits per heavy atom. The topological polar surface area (TPSA) is 55.1 Å². The van der Waals surface area contributed by atoms with Crippen LogP contribution in [0.3, 0.4) is 0 Å². The number of nitrogens with two attached hydrogens (primary N) is 1. The van der Waals surface area contributed by atoms with Gasteiger partial charge in [0.1, 0.15) is 11.6 Å². The molecule has 0 aliphatic rings. The third kappa shape index (κ3) is 2.82. The molecule has 0 aliphatic heterocycles. The molecule has 98 valence electrons. The van der Waals surface area contributed by atoms with Crippen LogP contribution in [0.4, 0.5) is 20.2 Å². The van der Waals surface area contributed by atoms with E-state index in [1.165, 1.54) is 24.3 Å². The molecule has 0 aromatic heterocycles. The number of hydrogen-bond acceptors (Lipinski definition) is 2. The Morgan fingerprint density at radius 1 is 1.16 bits per heavy atom. The zero-order valence-electron chi connectivity index (χ0n) is 9.58. The summed E-state index contributed by atoms with van der Waals surface area (Å²) in [6, 6.07) is 7.63. The fourth-order valence-corrected chi connectivity index (χ4v) is 1.71. The Hall–Kier alpha value is -2.14. The predicted molar refractivity (Wildman–Crippen MR) is 70.2 cm³/mol. The first-order valence-electron chi connectivity index (χ1n) is 5.29. The van der Waals surface area contributed by atoms with Crippen LogP contribution in [-0.2, 0) is 0 Å². The van der Waals surface area contributed by atoms with Crippen molar-refractivity contribution in [2.75, 3.05) is 11.1 Å². The number of nitrogen functional groups attached to an aromatic ring is 1. The summed E-state index contributed by atoms with van der Waals surface area (Å²) in [7, 11) is 0. The van der Waals surface area contributed by atoms with Crippen molar-refractivity contribution in [2.24, 2.45) is 0 Å². The molecule has 3 nitrogen and oxygen atoms in total. The molecule has 2 rings (SSSR count). The van der Waals surface area contributed by atoms with E-state index in [1.54, 1.807) is 0 Å². The number of benzene rings is 2. The van der Waals surface area contributed by atoms with Gasteiger partial charge in [0, 0.05) is 5.69 Å². The lowest BCUT2D eigenvalue weighted by Gasteiger charge is -2.08. The molecule has 0 atom stereocenters. The highest BCUT2D eigenvalue weighted by Crippen LogP contribution is 2.22. The molecular formula is C13H9ClF2N2O. The molecule has 0 bridgehead atoms. The van der Waals surface area contributed by atoms with Crippen molar-refractivity contribution >= 4 is 28.9 Å². The van der Waals surface area contributed by atoms with E-state index in [4.69, 9.17) is 17.3 Å². The molecule has 3 N–H and O–H groups in total. The minimum atomic E-state index is -0.687. The van der Waals surface area contributed by atoms with Gasteiger partial charge in [-0.05, 0) is 30.3 Å². The molecule has 6 heteroatoms. The number of nitrogens with one attached hydrogen (secondary N) is 1. The van der Waals surface area contributed by atoms with Gasteiger partial charge in [-0.1, -0.05) is 17.7 Å². The smallest absolute Gasteiger partial charge is 0.257 e. The van der Waals surface area contributed by atoms with Crippen molar-refractivity contribution in [3.63, 3.8) is 0 Å². The molecule has 0 saturated heterocycles. The maximum Gasteiger partial charge on any atom is 0.257 e. The van der Waals surface area contributed by atoms with Gasteiger partial charge in [-0.25, -0.2) is 8.78 Å². The van der Waals surface area contributed by atoms with Crippen molar-refractivity contribution in [1.29, 1.82) is 0 Å². The number of hydrogen-bond donors (Lipinski definition) is 2. The molecule has 0 unspecified atom stereocenters. The highest BCUT2D eigenvalue weighted by atomic mass is 35.5. The van der Waals surface area contributed by atoms with E-state index in [0.717, 1.165) is 12.1 Å². The van der Waals surface area contributed by atoms with Crippen molar-refractivity contribution in [3.8, 4) is 0 Å². The first-order valence-corrected chi connectivity index (χ1v) is 5.67. The molecule has 0 saturated carbocycles. The third-order valence-electron chi connectivity index (χ3n) is 2.45. The summed E-state index contributed by atoms with van der Waals surface area (Å²) in [4.78, 5) is 11.9. The monoisotopic (exact) mass is 282 g/mol. The van der Waals surface area contributed by atoms with Gasteiger partial charge in [0.15, 0.2) is 0 Å². The number of halogens is 3. The number of carbonyl (C=O) groups excluding carboxylic acids is 1. The van der Waals surface area contributed by atoms with E-state index in [1.807, 2.05) is 0 Å². The number of anilines is 2. The van der Waals surface area contributed by atoms with E-state index in [-0.39, 0.29) is 16.3 Å². The average molecular weight is 283 g/mol. The molecular weight excluding hydrogens is 274 g/mol. The Morgan fingerprint density at radius 2 is 1.89 bits per heavy atom. The van der Waals surface area contributed by atoms with Crippen molar-refractivity contribution in [3.05, 3.63) is 58.6 Å². The fourth-order valence-electron chi connectivity index (χ4n) is 1.50. The first-order chi connectivity index (χ1) is 8.99. The van der Waals surface area contributed by atoms with Gasteiger partial charge in [0.05, 0.1) is 16.3 Å². The Balaban J connectivity index is 2.26. The van der Waals surface area contributed by atoms with Gasteiger partial charge in [0.2, 0.25) is 0 Å². The Labute approximate surface area is 113 Å². The largest absolute Gasteiger partial charge is 0.396 e. The van der Waals surface area contributed by atoms with Crippen molar-refractivity contribution in [1.82, 2.24) is 0 Å². The molecule has 0 radical (unpaired) electrons. The highest BCUT2D eigenvalue weighted by Gasteiger charge is 2.13. The number of rotatable bonds is 2. The van der Waals surface area contributed by atoms with Crippen LogP contribution in [0.2, 0.25) is 5.02 Å². The van der Waals surface area contributed by atoms with Gasteiger partial charge >= 0.3 is 0 Å². The predicted octanol–water partition coefficient (Wildman–Crippen LogP) is 3.45. The number of amides is 1. The SMILES string of the molecule is Nc1cc(NC(=O)c2cccc(F)c2Cl)ccc1F. The second-order valence-corrected chi connectivity index (χ2v) is 4.17. The maximum atomic E-state index is 13.2. The average Bonchev–Trinajstić information content (AvgIpc) is 2.37. The standard InChI is InChI=1S/C13H9ClF2N2O/c14-12-8(2-1-3-10(12)16)13(19)18-7-4-5-9(15)11(17)6-7/h1-6H,17H2,(H,18,19). The van der Waals surface area contributed by atoms with E-state index >= 15 is 0 Å². The van der Waals surface area contributed by atoms with Gasteiger partial charge in [0.25, 0.3) is 5.91 Å². The lowest BCUT2D eigenvalue weighted by atomic mass is 10.2. The Bertz CT molecular complexity index is 647. The second kappa shape index (κ2) is 5.24. The highest BCUT2D eigenvalue weighted by molar-refractivity contribution is 6.34. The van der Waals surface area contributed by atoms with Crippen LogP contribution in [0.15, 0.2) is 36.4 Å². The molecule has 0 fully saturated rings. The second-order valence-electron chi connectivity index (χ2n) is 3.79. The van der Waals surface area contributed by atoms with E-state index < -0.39 is 17.5 Å². The van der Waals surface area contributed by atoms with Crippen molar-refractivity contribution < 1.29 is 13.6 Å². The Kier molecular flexibility index (Phi) is 3.66. The van der Waals surface area contributed by atoms with Crippen molar-refractivity contribution in [2.45, 2.75) is 0 Å². The number of carbonyl (C=O) groups is 1. The molecule has 2 aromatic rings. The summed E-state index contributed by atoms with van der Waals surface area (Å²) < 4.78 is 26.2. The van der Waals surface area contributed by atoms with Crippen LogP contribution in [0, 0.1) is 11.6 Å². The summed E-state index contributed by atoms with van der Waals surface area (Å²) in [6.07, 6.45) is 0. The van der Waals surface area contributed by atoms with Crippen LogP contribution in [0.5, 0.6) is 0 Å². The molecule has 2 aromatic carbocycles. The quantitative estimate of drug-likeness (QED) is 0.829. The molecule has 0 spiro atoms. The van der Waals surface area contributed by atoms with Gasteiger partial charge < -0.3 is 11.1 Å². The zero-order chi connectivity index (χ0) is 14.0. The molecule has 1 amide bonds. The van der Waals surface area contributed by atoms with Gasteiger partial charge in [-0.15, -0.1) is 0 Å². The summed E-state index contributed by atoms with van der Waals surface area (Å²) in [6.45, 7) is 0. The van der Waals surface area contributed by atoms with E-state index in [2.05, 4.69) is 5.32 Å². The summed E-state index contributed by atoms with van der Waals surface area (Å²) in [5.41, 5.74) is 5.57. The van der Waals surface area contributed by atoms with Crippen LogP contribution in [-0.4, -0.2) is 5.91 Å². The van der Waals surface area contributed by atoms with Gasteiger partial charge in [-0.3, -0.25) is 4.79 Å². The lowest BCUT2D eigenvalue weighted by molar-refractivity contribution is 0.102. The van der Waals surface area contributed by atoms with Crippen LogP contribution >= 0.6 is 11.6 Å². The third-order valence-corrected chi connectivity index (χ3v) is 2.83. The summed E-state index contributed by atoms with van der Waals surface area (Å²) in [5.74, 6) is -1.87. The summed E-state index contributed by atoms with van der Waals surface area (Å²) >= 11 is 5.69. The minimum Gasteiger partial charge on any atom is -0.396 e. The van der Waals surface area contributed by atoms with E-state index in [0.29, 0.717) is 5.69 Å². The minimum absolute atomic E-state index is 0.00966. The maximum absolute atomic E-state index is 13.2. The molecule has 0 heterocycles. The molecule has 0 aliphatic carbocycles. The fraction of sp³-hybridized carbons (Fsp3) is 0. The van der Waals surface area contributed by atoms with Gasteiger partial charge in [-0.2, -0.15) is 0 Å². The zero-order valence-corrected chi connectivity index (χ0v) is 10.3. The first kappa shape index (κ1) is 13.3. The van der Waals surface area contributed by atoms with Crippen LogP contribution in [0.1, 0.15) is 10.4 Å². The molecule has 19 heavy (non-hydrogen) atoms. The van der Waals surface area contributed by atoms with Crippen LogP contribution in [0.25, 0.3) is 0 Å². The normalized spacial score (nSPS) is 10.3.